The van der Waals surface area contributed by atoms with Gasteiger partial charge in [-0.3, -0.25) is 39.0 Å². The molecule has 4 rings (SSSR count). The van der Waals surface area contributed by atoms with Crippen LogP contribution >= 0.6 is 0 Å². The molecule has 0 amide bonds. The molecule has 0 aromatic heterocycles. The molecule has 4 aliphatic rings. The molecule has 12 nitrogen and oxygen atoms in total. The second-order valence-corrected chi connectivity index (χ2v) is 24.7. The lowest BCUT2D eigenvalue weighted by Crippen LogP contribution is -2.52. The Labute approximate surface area is 411 Å². The number of nitrogens with zero attached hydrogens (tertiary/aromatic N) is 7. The molecule has 4 aliphatic heterocycles. The molecule has 0 aromatic carbocycles. The summed E-state index contributed by atoms with van der Waals surface area (Å²) in [5, 5.41) is 8.78. The van der Waals surface area contributed by atoms with Gasteiger partial charge in [-0.1, -0.05) is 13.8 Å². The van der Waals surface area contributed by atoms with Gasteiger partial charge in [-0.25, -0.2) is 0 Å². The van der Waals surface area contributed by atoms with Gasteiger partial charge in [0.1, 0.15) is 11.6 Å². The highest BCUT2D eigenvalue weighted by molar-refractivity contribution is 5.81. The predicted molar refractivity (Wildman–Crippen MR) is 284 cm³/mol. The van der Waals surface area contributed by atoms with Crippen molar-refractivity contribution in [1.82, 2.24) is 34.3 Å². The maximum Gasteiger partial charge on any atom is 0.146 e. The van der Waals surface area contributed by atoms with E-state index in [1.165, 1.54) is 32.6 Å². The predicted octanol–water partition coefficient (Wildman–Crippen LogP) is 8.68. The molecule has 0 aliphatic carbocycles. The number of likely N-dealkylation sites (N-methyl/N-ethyl adjacent to an activating group) is 1. The van der Waals surface area contributed by atoms with Crippen LogP contribution in [0.1, 0.15) is 177 Å². The van der Waals surface area contributed by atoms with Crippen LogP contribution in [-0.2, 0) is 19.1 Å². The number of ketones is 2. The summed E-state index contributed by atoms with van der Waals surface area (Å²) in [5.41, 5.74) is 1.48. The topological polar surface area (TPSA) is 95.5 Å². The zero-order valence-electron chi connectivity index (χ0n) is 48.2. The molecule has 0 atom stereocenters. The smallest absolute Gasteiger partial charge is 0.146 e. The van der Waals surface area contributed by atoms with Gasteiger partial charge in [-0.15, -0.1) is 0 Å². The lowest BCUT2D eigenvalue weighted by molar-refractivity contribution is -0.124. The maximum atomic E-state index is 11.1. The quantitative estimate of drug-likeness (QED) is 0.240. The molecule has 0 unspecified atom stereocenters. The summed E-state index contributed by atoms with van der Waals surface area (Å²) in [6.45, 7) is 61.7. The average molecular weight is 943 g/mol. The van der Waals surface area contributed by atoms with E-state index >= 15 is 0 Å². The Morgan fingerprint density at radius 1 is 0.515 bits per heavy atom. The Balaban J connectivity index is 0. The Morgan fingerprint density at radius 2 is 0.864 bits per heavy atom. The normalized spacial score (nSPS) is 19.3. The Bertz CT molecular complexity index is 1180. The van der Waals surface area contributed by atoms with Crippen LogP contribution in [0.25, 0.3) is 0 Å². The third kappa shape index (κ3) is 32.7. The summed E-state index contributed by atoms with van der Waals surface area (Å²) in [7, 11) is 3.95. The summed E-state index contributed by atoms with van der Waals surface area (Å²) in [6, 6.07) is 0. The zero-order chi connectivity index (χ0) is 51.6. The summed E-state index contributed by atoms with van der Waals surface area (Å²) in [4.78, 5) is 38.8. The monoisotopic (exact) mass is 942 g/mol. The van der Waals surface area contributed by atoms with E-state index in [1.54, 1.807) is 7.11 Å². The number of likely N-dealkylation sites (tertiary alicyclic amines) is 2. The number of ether oxygens (including phenoxy) is 2. The lowest BCUT2D eigenvalue weighted by atomic mass is 10.0. The fraction of sp³-hybridized carbons (Fsp3) is 0.963. The van der Waals surface area contributed by atoms with Gasteiger partial charge in [0.2, 0.25) is 0 Å². The summed E-state index contributed by atoms with van der Waals surface area (Å²) in [6.07, 6.45) is 6.00. The van der Waals surface area contributed by atoms with Gasteiger partial charge in [0, 0.05) is 106 Å². The van der Waals surface area contributed by atoms with E-state index in [0.717, 1.165) is 104 Å². The fourth-order valence-corrected chi connectivity index (χ4v) is 7.96. The number of hydrogen-bond donors (Lipinski definition) is 1. The van der Waals surface area contributed by atoms with E-state index in [9.17, 15) is 9.59 Å². The van der Waals surface area contributed by atoms with E-state index in [4.69, 9.17) is 14.6 Å². The molecule has 4 saturated heterocycles. The van der Waals surface area contributed by atoms with Crippen LogP contribution in [0, 0.1) is 0 Å². The molecular weight excluding hydrogens is 827 g/mol. The number of methoxy groups -OCH3 is 1. The third-order valence-electron chi connectivity index (χ3n) is 12.6. The number of hydrogen-bond acceptors (Lipinski definition) is 12. The van der Waals surface area contributed by atoms with Crippen molar-refractivity contribution in [2.75, 3.05) is 132 Å². The van der Waals surface area contributed by atoms with Crippen LogP contribution in [0.4, 0.5) is 0 Å². The van der Waals surface area contributed by atoms with Crippen LogP contribution in [0.5, 0.6) is 0 Å². The van der Waals surface area contributed by atoms with E-state index in [0.29, 0.717) is 35.7 Å². The molecule has 0 spiro atoms. The van der Waals surface area contributed by atoms with E-state index < -0.39 is 0 Å². The molecule has 0 aromatic rings. The minimum absolute atomic E-state index is 0.163. The minimum atomic E-state index is 0.163. The molecule has 1 N–H and O–H groups in total. The Hall–Kier alpha value is -1.06. The first-order valence-corrected chi connectivity index (χ1v) is 26.0. The van der Waals surface area contributed by atoms with Crippen LogP contribution in [-0.4, -0.2) is 216 Å². The van der Waals surface area contributed by atoms with Gasteiger partial charge in [0.25, 0.3) is 0 Å². The number of carbonyl (C=O) groups excluding carboxylic acids is 2. The average Bonchev–Trinajstić information content (AvgIpc) is 3.19. The molecule has 12 heteroatoms. The van der Waals surface area contributed by atoms with E-state index in [-0.39, 0.29) is 28.8 Å². The minimum Gasteiger partial charge on any atom is -0.395 e. The number of morpholine rings is 1. The van der Waals surface area contributed by atoms with Gasteiger partial charge >= 0.3 is 0 Å². The molecule has 4 heterocycles. The van der Waals surface area contributed by atoms with Crippen molar-refractivity contribution in [2.24, 2.45) is 0 Å². The van der Waals surface area contributed by atoms with E-state index in [1.807, 2.05) is 0 Å². The molecule has 0 bridgehead atoms. The first-order valence-electron chi connectivity index (χ1n) is 26.0. The van der Waals surface area contributed by atoms with Gasteiger partial charge in [0.15, 0.2) is 0 Å². The molecular formula is C54H115N7O5. The number of aliphatic hydroxyl groups excluding tert-OH is 1. The van der Waals surface area contributed by atoms with Crippen LogP contribution in [0.15, 0.2) is 0 Å². The Kier molecular flexibility index (Phi) is 33.3. The number of piperidine rings is 2. The second kappa shape index (κ2) is 32.8. The first kappa shape index (κ1) is 67.0. The van der Waals surface area contributed by atoms with Crippen molar-refractivity contribution in [1.29, 1.82) is 0 Å². The van der Waals surface area contributed by atoms with Crippen LogP contribution in [0.2, 0.25) is 0 Å². The zero-order valence-corrected chi connectivity index (χ0v) is 48.2. The third-order valence-corrected chi connectivity index (χ3v) is 12.6. The number of carbonyl (C=O) groups is 2. The largest absolute Gasteiger partial charge is 0.395 e. The standard InChI is InChI=1S/C10H23NO.C9H20N2.2C9H17NO.C9H21NO.C8H17NO/c1-6-7-11(8-9-12-5)10(2,3)4;1-9(2,3)11-7-5-10(4)6-8-11;2*1-9(2,3)10-6-4-5-8(11)7-10;1-5-6-10(7-8-11)9(2,3)4;1-8(2,3)9-4-6-10-7-5-9/h6-9H2,1-5H3;5-8H2,1-4H3;2*4-7H2,1-3H3;11H,5-8H2,1-4H3;4-7H2,1-3H3. The number of Topliss-reactive ketones (excluding diaryl/α,β-unsaturated/α-hetero) is 2. The summed E-state index contributed by atoms with van der Waals surface area (Å²) < 4.78 is 10.3. The van der Waals surface area contributed by atoms with Crippen molar-refractivity contribution in [3.05, 3.63) is 0 Å². The lowest BCUT2D eigenvalue weighted by Gasteiger charge is -2.41. The molecule has 66 heavy (non-hydrogen) atoms. The van der Waals surface area contributed by atoms with Gasteiger partial charge in [0.05, 0.1) is 39.5 Å². The number of rotatable bonds is 9. The number of aliphatic hydroxyl groups is 1. The van der Waals surface area contributed by atoms with Gasteiger partial charge < -0.3 is 19.5 Å². The molecule has 0 radical (unpaired) electrons. The van der Waals surface area contributed by atoms with Crippen molar-refractivity contribution in [2.45, 2.75) is 210 Å². The van der Waals surface area contributed by atoms with Crippen molar-refractivity contribution >= 4 is 11.6 Å². The first-order chi connectivity index (χ1) is 30.1. The summed E-state index contributed by atoms with van der Waals surface area (Å²) >= 11 is 0. The highest BCUT2D eigenvalue weighted by Crippen LogP contribution is 2.20. The van der Waals surface area contributed by atoms with Crippen molar-refractivity contribution in [3.63, 3.8) is 0 Å². The van der Waals surface area contributed by atoms with E-state index in [2.05, 4.69) is 180 Å². The molecule has 4 fully saturated rings. The Morgan fingerprint density at radius 3 is 1.12 bits per heavy atom. The maximum absolute atomic E-state index is 11.1. The second-order valence-electron chi connectivity index (χ2n) is 24.7. The summed E-state index contributed by atoms with van der Waals surface area (Å²) in [5.74, 6) is 0.789. The van der Waals surface area contributed by atoms with Crippen molar-refractivity contribution in [3.8, 4) is 0 Å². The molecule has 396 valence electrons. The molecule has 0 saturated carbocycles. The number of piperazine rings is 1. The highest BCUT2D eigenvalue weighted by atomic mass is 16.5. The number of β-amino-alcohol motifs (C(OH)–C–C–N with tert-alkyl or cyclic N) is 1. The van der Waals surface area contributed by atoms with Gasteiger partial charge in [-0.2, -0.15) is 0 Å². The van der Waals surface area contributed by atoms with Crippen LogP contribution in [0.3, 0.4) is 0 Å². The fourth-order valence-electron chi connectivity index (χ4n) is 7.96. The van der Waals surface area contributed by atoms with Gasteiger partial charge in [-0.05, 0) is 184 Å². The SMILES string of the molecule is CC(C)(C)N1CCCC(=O)C1.CC(C)(C)N1CCCC(=O)C1.CC(C)(C)N1CCOCC1.CCCN(CCO)C(C)(C)C.CCCN(CCOC)C(C)(C)C.CN1CCN(C(C)(C)C)CC1. The highest BCUT2D eigenvalue weighted by Gasteiger charge is 2.28. The van der Waals surface area contributed by atoms with Crippen molar-refractivity contribution < 1.29 is 24.2 Å². The van der Waals surface area contributed by atoms with Crippen LogP contribution < -0.4 is 0 Å².